The number of rotatable bonds is 5. The van der Waals surface area contributed by atoms with Crippen molar-refractivity contribution in [2.24, 2.45) is 0 Å². The summed E-state index contributed by atoms with van der Waals surface area (Å²) in [7, 11) is 0. The molecule has 0 saturated heterocycles. The SMILES string of the molecule is Cc1ccc(-c2nc(CSCc3ccc(F)c(F)c3)cs2)o1. The second-order valence-electron chi connectivity index (χ2n) is 4.80. The molecule has 22 heavy (non-hydrogen) atoms. The summed E-state index contributed by atoms with van der Waals surface area (Å²) in [6, 6.07) is 7.82. The molecule has 2 nitrogen and oxygen atoms in total. The second-order valence-corrected chi connectivity index (χ2v) is 6.64. The van der Waals surface area contributed by atoms with Crippen LogP contribution in [0, 0.1) is 18.6 Å². The molecule has 0 spiro atoms. The van der Waals surface area contributed by atoms with Crippen LogP contribution in [0.15, 0.2) is 40.1 Å². The fourth-order valence-electron chi connectivity index (χ4n) is 1.94. The Hall–Kier alpha value is -1.66. The largest absolute Gasteiger partial charge is 0.459 e. The molecule has 0 bridgehead atoms. The number of hydrogen-bond acceptors (Lipinski definition) is 4. The Morgan fingerprint density at radius 2 is 2.00 bits per heavy atom. The molecule has 1 aromatic carbocycles. The van der Waals surface area contributed by atoms with Crippen molar-refractivity contribution in [3.8, 4) is 10.8 Å². The van der Waals surface area contributed by atoms with Crippen molar-refractivity contribution in [1.82, 2.24) is 4.98 Å². The summed E-state index contributed by atoms with van der Waals surface area (Å²) in [4.78, 5) is 4.53. The van der Waals surface area contributed by atoms with Gasteiger partial charge in [0, 0.05) is 16.9 Å². The first-order valence-corrected chi connectivity index (χ1v) is 8.68. The van der Waals surface area contributed by atoms with E-state index in [9.17, 15) is 8.78 Å². The van der Waals surface area contributed by atoms with Gasteiger partial charge < -0.3 is 4.42 Å². The van der Waals surface area contributed by atoms with E-state index in [1.54, 1.807) is 17.8 Å². The predicted octanol–water partition coefficient (Wildman–Crippen LogP) is 5.42. The molecule has 0 aliphatic rings. The van der Waals surface area contributed by atoms with E-state index in [0.29, 0.717) is 5.75 Å². The van der Waals surface area contributed by atoms with Crippen molar-refractivity contribution in [2.45, 2.75) is 18.4 Å². The monoisotopic (exact) mass is 337 g/mol. The molecule has 0 fully saturated rings. The minimum atomic E-state index is -0.813. The lowest BCUT2D eigenvalue weighted by Gasteiger charge is -2.01. The van der Waals surface area contributed by atoms with Crippen LogP contribution in [0.4, 0.5) is 8.78 Å². The normalized spacial score (nSPS) is 11.0. The third-order valence-corrected chi connectivity index (χ3v) is 4.95. The number of aryl methyl sites for hydroxylation is 1. The highest BCUT2D eigenvalue weighted by Crippen LogP contribution is 2.27. The van der Waals surface area contributed by atoms with Gasteiger partial charge in [0.2, 0.25) is 0 Å². The predicted molar refractivity (Wildman–Crippen MR) is 85.9 cm³/mol. The summed E-state index contributed by atoms with van der Waals surface area (Å²) >= 11 is 3.15. The maximum Gasteiger partial charge on any atom is 0.162 e. The van der Waals surface area contributed by atoms with Gasteiger partial charge in [-0.2, -0.15) is 11.8 Å². The molecule has 114 valence electrons. The summed E-state index contributed by atoms with van der Waals surface area (Å²) in [6.07, 6.45) is 0. The van der Waals surface area contributed by atoms with Crippen molar-refractivity contribution in [3.05, 3.63) is 64.4 Å². The molecule has 0 amide bonds. The Kier molecular flexibility index (Phi) is 4.59. The quantitative estimate of drug-likeness (QED) is 0.621. The molecule has 0 unspecified atom stereocenters. The van der Waals surface area contributed by atoms with Gasteiger partial charge in [-0.3, -0.25) is 0 Å². The Bertz CT molecular complexity index is 782. The molecule has 0 aliphatic heterocycles. The van der Waals surface area contributed by atoms with Crippen LogP contribution >= 0.6 is 23.1 Å². The summed E-state index contributed by atoms with van der Waals surface area (Å²) in [5.41, 5.74) is 1.72. The lowest BCUT2D eigenvalue weighted by atomic mass is 10.2. The summed E-state index contributed by atoms with van der Waals surface area (Å²) < 4.78 is 31.5. The number of benzene rings is 1. The molecule has 0 aliphatic carbocycles. The summed E-state index contributed by atoms with van der Waals surface area (Å²) in [5.74, 6) is 1.35. The van der Waals surface area contributed by atoms with Gasteiger partial charge in [0.1, 0.15) is 5.76 Å². The van der Waals surface area contributed by atoms with Gasteiger partial charge >= 0.3 is 0 Å². The van der Waals surface area contributed by atoms with Gasteiger partial charge in [0.25, 0.3) is 0 Å². The number of hydrogen-bond donors (Lipinski definition) is 0. The van der Waals surface area contributed by atoms with Gasteiger partial charge in [0.05, 0.1) is 5.69 Å². The lowest BCUT2D eigenvalue weighted by molar-refractivity contribution is 0.507. The Morgan fingerprint density at radius 3 is 2.73 bits per heavy atom. The Balaban J connectivity index is 1.58. The van der Waals surface area contributed by atoms with E-state index >= 15 is 0 Å². The third-order valence-electron chi connectivity index (χ3n) is 3.01. The zero-order chi connectivity index (χ0) is 15.5. The standard InChI is InChI=1S/C16H13F2NOS2/c1-10-2-5-15(20-10)16-19-12(9-22-16)8-21-7-11-3-4-13(17)14(18)6-11/h2-6,9H,7-8H2,1H3. The number of nitrogens with zero attached hydrogens (tertiary/aromatic N) is 1. The first-order chi connectivity index (χ1) is 10.6. The van der Waals surface area contributed by atoms with Crippen LogP contribution in [0.1, 0.15) is 17.0 Å². The van der Waals surface area contributed by atoms with Crippen LogP contribution in [0.5, 0.6) is 0 Å². The molecule has 0 atom stereocenters. The van der Waals surface area contributed by atoms with Crippen molar-refractivity contribution < 1.29 is 13.2 Å². The molecule has 3 aromatic rings. The average molecular weight is 337 g/mol. The molecular formula is C16H13F2NOS2. The summed E-state index contributed by atoms with van der Waals surface area (Å²) in [5, 5.41) is 2.85. The van der Waals surface area contributed by atoms with Crippen LogP contribution in [0.25, 0.3) is 10.8 Å². The first kappa shape index (κ1) is 15.2. The van der Waals surface area contributed by atoms with Crippen LogP contribution in [-0.4, -0.2) is 4.98 Å². The van der Waals surface area contributed by atoms with Crippen LogP contribution < -0.4 is 0 Å². The molecule has 0 radical (unpaired) electrons. The molecule has 0 N–H and O–H groups in total. The van der Waals surface area contributed by atoms with Gasteiger partial charge in [-0.05, 0) is 36.8 Å². The van der Waals surface area contributed by atoms with E-state index in [4.69, 9.17) is 4.42 Å². The van der Waals surface area contributed by atoms with Gasteiger partial charge in [0.15, 0.2) is 22.4 Å². The fraction of sp³-hybridized carbons (Fsp3) is 0.188. The number of thiazole rings is 1. The summed E-state index contributed by atoms with van der Waals surface area (Å²) in [6.45, 7) is 1.90. The van der Waals surface area contributed by atoms with E-state index in [1.807, 2.05) is 24.4 Å². The van der Waals surface area contributed by atoms with Crippen molar-refractivity contribution in [3.63, 3.8) is 0 Å². The van der Waals surface area contributed by atoms with Crippen molar-refractivity contribution in [2.75, 3.05) is 0 Å². The number of aromatic nitrogens is 1. The molecule has 2 heterocycles. The smallest absolute Gasteiger partial charge is 0.162 e. The van der Waals surface area contributed by atoms with Gasteiger partial charge in [-0.25, -0.2) is 13.8 Å². The Morgan fingerprint density at radius 1 is 1.14 bits per heavy atom. The average Bonchev–Trinajstić information content (AvgIpc) is 3.12. The highest BCUT2D eigenvalue weighted by Gasteiger charge is 2.09. The highest BCUT2D eigenvalue weighted by molar-refractivity contribution is 7.97. The number of halogens is 2. The van der Waals surface area contributed by atoms with E-state index in [1.165, 1.54) is 17.4 Å². The highest BCUT2D eigenvalue weighted by atomic mass is 32.2. The van der Waals surface area contributed by atoms with Crippen LogP contribution in [0.3, 0.4) is 0 Å². The minimum absolute atomic E-state index is 0.615. The van der Waals surface area contributed by atoms with E-state index in [-0.39, 0.29) is 0 Å². The number of furan rings is 1. The zero-order valence-electron chi connectivity index (χ0n) is 11.8. The third kappa shape index (κ3) is 3.56. The van der Waals surface area contributed by atoms with Crippen molar-refractivity contribution >= 4 is 23.1 Å². The van der Waals surface area contributed by atoms with Crippen molar-refractivity contribution in [1.29, 1.82) is 0 Å². The number of thioether (sulfide) groups is 1. The van der Waals surface area contributed by atoms with Crippen LogP contribution in [-0.2, 0) is 11.5 Å². The maximum absolute atomic E-state index is 13.1. The van der Waals surface area contributed by atoms with Gasteiger partial charge in [-0.15, -0.1) is 11.3 Å². The van der Waals surface area contributed by atoms with E-state index < -0.39 is 11.6 Å². The van der Waals surface area contributed by atoms with E-state index in [2.05, 4.69) is 4.98 Å². The fourth-order valence-corrected chi connectivity index (χ4v) is 3.70. The first-order valence-electron chi connectivity index (χ1n) is 6.65. The Labute approximate surface area is 135 Å². The maximum atomic E-state index is 13.1. The molecule has 2 aromatic heterocycles. The van der Waals surface area contributed by atoms with Gasteiger partial charge in [-0.1, -0.05) is 6.07 Å². The topological polar surface area (TPSA) is 26.0 Å². The molecule has 6 heteroatoms. The lowest BCUT2D eigenvalue weighted by Crippen LogP contribution is -1.88. The minimum Gasteiger partial charge on any atom is -0.459 e. The second kappa shape index (κ2) is 6.62. The van der Waals surface area contributed by atoms with E-state index in [0.717, 1.165) is 39.6 Å². The van der Waals surface area contributed by atoms with Crippen LogP contribution in [0.2, 0.25) is 0 Å². The molecular weight excluding hydrogens is 324 g/mol. The zero-order valence-corrected chi connectivity index (χ0v) is 13.4. The molecule has 3 rings (SSSR count). The molecule has 0 saturated carbocycles.